The van der Waals surface area contributed by atoms with E-state index in [-0.39, 0.29) is 5.91 Å². The SMILES string of the molecule is COc1ccc(SCC(=O)Nc2ccc(Cl)cc2N)cc1. The summed E-state index contributed by atoms with van der Waals surface area (Å²) in [5, 5.41) is 3.30. The van der Waals surface area contributed by atoms with Crippen LogP contribution >= 0.6 is 23.4 Å². The monoisotopic (exact) mass is 322 g/mol. The fourth-order valence-electron chi connectivity index (χ4n) is 1.65. The maximum absolute atomic E-state index is 11.9. The highest BCUT2D eigenvalue weighted by molar-refractivity contribution is 8.00. The molecular weight excluding hydrogens is 308 g/mol. The Morgan fingerprint density at radius 2 is 2.00 bits per heavy atom. The second kappa shape index (κ2) is 7.24. The molecule has 21 heavy (non-hydrogen) atoms. The Morgan fingerprint density at radius 3 is 2.62 bits per heavy atom. The van der Waals surface area contributed by atoms with Gasteiger partial charge in [0.2, 0.25) is 5.91 Å². The number of nitrogen functional groups attached to an aromatic ring is 1. The van der Waals surface area contributed by atoms with Crippen molar-refractivity contribution in [2.75, 3.05) is 23.9 Å². The second-order valence-electron chi connectivity index (χ2n) is 4.24. The van der Waals surface area contributed by atoms with Crippen LogP contribution in [0, 0.1) is 0 Å². The number of ether oxygens (including phenoxy) is 1. The largest absolute Gasteiger partial charge is 0.497 e. The Kier molecular flexibility index (Phi) is 5.36. The third-order valence-corrected chi connectivity index (χ3v) is 3.96. The van der Waals surface area contributed by atoms with Crippen molar-refractivity contribution in [1.29, 1.82) is 0 Å². The van der Waals surface area contributed by atoms with Gasteiger partial charge in [-0.3, -0.25) is 4.79 Å². The molecular formula is C15H15ClN2O2S. The number of hydrogen-bond acceptors (Lipinski definition) is 4. The van der Waals surface area contributed by atoms with Crippen molar-refractivity contribution in [3.05, 3.63) is 47.5 Å². The van der Waals surface area contributed by atoms with E-state index >= 15 is 0 Å². The van der Waals surface area contributed by atoms with Crippen LogP contribution in [0.25, 0.3) is 0 Å². The summed E-state index contributed by atoms with van der Waals surface area (Å²) in [7, 11) is 1.62. The topological polar surface area (TPSA) is 64.3 Å². The van der Waals surface area contributed by atoms with E-state index in [0.717, 1.165) is 10.6 Å². The summed E-state index contributed by atoms with van der Waals surface area (Å²) in [5.41, 5.74) is 6.81. The molecule has 0 atom stereocenters. The first-order valence-corrected chi connectivity index (χ1v) is 7.56. The van der Waals surface area contributed by atoms with Gasteiger partial charge in [0.1, 0.15) is 5.75 Å². The van der Waals surface area contributed by atoms with Gasteiger partial charge in [-0.15, -0.1) is 11.8 Å². The Morgan fingerprint density at radius 1 is 1.29 bits per heavy atom. The van der Waals surface area contributed by atoms with E-state index in [1.165, 1.54) is 11.8 Å². The maximum atomic E-state index is 11.9. The normalized spacial score (nSPS) is 10.2. The Hall–Kier alpha value is -1.85. The minimum Gasteiger partial charge on any atom is -0.497 e. The summed E-state index contributed by atoms with van der Waals surface area (Å²) in [6, 6.07) is 12.5. The van der Waals surface area contributed by atoms with E-state index in [4.69, 9.17) is 22.1 Å². The zero-order valence-corrected chi connectivity index (χ0v) is 13.0. The molecule has 0 radical (unpaired) electrons. The number of halogens is 1. The van der Waals surface area contributed by atoms with Crippen molar-refractivity contribution < 1.29 is 9.53 Å². The first-order chi connectivity index (χ1) is 10.1. The average molecular weight is 323 g/mol. The number of nitrogens with two attached hydrogens (primary N) is 1. The van der Waals surface area contributed by atoms with Gasteiger partial charge in [-0.05, 0) is 42.5 Å². The zero-order chi connectivity index (χ0) is 15.2. The summed E-state index contributed by atoms with van der Waals surface area (Å²) >= 11 is 7.25. The van der Waals surface area contributed by atoms with E-state index in [1.54, 1.807) is 25.3 Å². The lowest BCUT2D eigenvalue weighted by atomic mass is 10.2. The number of benzene rings is 2. The highest BCUT2D eigenvalue weighted by Gasteiger charge is 2.06. The predicted octanol–water partition coefficient (Wildman–Crippen LogP) is 3.66. The summed E-state index contributed by atoms with van der Waals surface area (Å²) in [4.78, 5) is 12.9. The van der Waals surface area contributed by atoms with Gasteiger partial charge < -0.3 is 15.8 Å². The summed E-state index contributed by atoms with van der Waals surface area (Å²) in [5.74, 6) is 0.969. The minimum atomic E-state index is -0.121. The van der Waals surface area contributed by atoms with Crippen LogP contribution in [-0.2, 0) is 4.79 Å². The molecule has 0 aromatic heterocycles. The maximum Gasteiger partial charge on any atom is 0.234 e. The third kappa shape index (κ3) is 4.58. The van der Waals surface area contributed by atoms with E-state index < -0.39 is 0 Å². The Balaban J connectivity index is 1.89. The molecule has 0 bridgehead atoms. The molecule has 0 saturated heterocycles. The molecule has 2 rings (SSSR count). The molecule has 0 fully saturated rings. The second-order valence-corrected chi connectivity index (χ2v) is 5.73. The number of carbonyl (C=O) groups is 1. The van der Waals surface area contributed by atoms with Crippen LogP contribution in [0.3, 0.4) is 0 Å². The highest BCUT2D eigenvalue weighted by atomic mass is 35.5. The van der Waals surface area contributed by atoms with Crippen molar-refractivity contribution in [1.82, 2.24) is 0 Å². The van der Waals surface area contributed by atoms with Gasteiger partial charge in [0, 0.05) is 9.92 Å². The average Bonchev–Trinajstić information content (AvgIpc) is 2.48. The quantitative estimate of drug-likeness (QED) is 0.651. The van der Waals surface area contributed by atoms with Crippen LogP contribution in [0.2, 0.25) is 5.02 Å². The van der Waals surface area contributed by atoms with Crippen LogP contribution in [0.5, 0.6) is 5.75 Å². The number of methoxy groups -OCH3 is 1. The van der Waals surface area contributed by atoms with E-state index in [1.807, 2.05) is 24.3 Å². The predicted molar refractivity (Wildman–Crippen MR) is 88.2 cm³/mol. The fourth-order valence-corrected chi connectivity index (χ4v) is 2.53. The van der Waals surface area contributed by atoms with Gasteiger partial charge in [0.25, 0.3) is 0 Å². The van der Waals surface area contributed by atoms with E-state index in [9.17, 15) is 4.79 Å². The summed E-state index contributed by atoms with van der Waals surface area (Å²) < 4.78 is 5.08. The zero-order valence-electron chi connectivity index (χ0n) is 11.4. The van der Waals surface area contributed by atoms with Gasteiger partial charge in [-0.1, -0.05) is 11.6 Å². The standard InChI is InChI=1S/C15H15ClN2O2S/c1-20-11-3-5-12(6-4-11)21-9-15(19)18-14-7-2-10(16)8-13(14)17/h2-8H,9,17H2,1H3,(H,18,19). The van der Waals surface area contributed by atoms with Gasteiger partial charge in [-0.25, -0.2) is 0 Å². The van der Waals surface area contributed by atoms with E-state index in [2.05, 4.69) is 5.32 Å². The van der Waals surface area contributed by atoms with Crippen molar-refractivity contribution in [2.24, 2.45) is 0 Å². The molecule has 2 aromatic rings. The van der Waals surface area contributed by atoms with Crippen molar-refractivity contribution in [2.45, 2.75) is 4.90 Å². The fraction of sp³-hybridized carbons (Fsp3) is 0.133. The molecule has 0 aliphatic rings. The lowest BCUT2D eigenvalue weighted by Gasteiger charge is -2.08. The molecule has 6 heteroatoms. The minimum absolute atomic E-state index is 0.121. The molecule has 0 aliphatic carbocycles. The number of thioether (sulfide) groups is 1. The number of anilines is 2. The molecule has 3 N–H and O–H groups in total. The van der Waals surface area contributed by atoms with Crippen LogP contribution in [0.4, 0.5) is 11.4 Å². The molecule has 0 heterocycles. The van der Waals surface area contributed by atoms with E-state index in [0.29, 0.717) is 22.2 Å². The summed E-state index contributed by atoms with van der Waals surface area (Å²) in [6.45, 7) is 0. The van der Waals surface area contributed by atoms with Crippen LogP contribution in [0.15, 0.2) is 47.4 Å². The van der Waals surface area contributed by atoms with Gasteiger partial charge >= 0.3 is 0 Å². The number of amides is 1. The number of rotatable bonds is 5. The molecule has 110 valence electrons. The van der Waals surface area contributed by atoms with Crippen molar-refractivity contribution >= 4 is 40.6 Å². The molecule has 1 amide bonds. The number of nitrogens with one attached hydrogen (secondary N) is 1. The smallest absolute Gasteiger partial charge is 0.234 e. The van der Waals surface area contributed by atoms with Crippen molar-refractivity contribution in [3.8, 4) is 5.75 Å². The van der Waals surface area contributed by atoms with Gasteiger partial charge in [0.05, 0.1) is 24.2 Å². The number of carbonyl (C=O) groups excluding carboxylic acids is 1. The summed E-state index contributed by atoms with van der Waals surface area (Å²) in [6.07, 6.45) is 0. The molecule has 4 nitrogen and oxygen atoms in total. The lowest BCUT2D eigenvalue weighted by molar-refractivity contribution is -0.113. The third-order valence-electron chi connectivity index (χ3n) is 2.72. The van der Waals surface area contributed by atoms with Crippen LogP contribution < -0.4 is 15.8 Å². The van der Waals surface area contributed by atoms with Crippen molar-refractivity contribution in [3.63, 3.8) is 0 Å². The molecule has 2 aromatic carbocycles. The van der Waals surface area contributed by atoms with Crippen LogP contribution in [0.1, 0.15) is 0 Å². The highest BCUT2D eigenvalue weighted by Crippen LogP contribution is 2.24. The first kappa shape index (κ1) is 15.5. The molecule has 0 spiro atoms. The molecule has 0 saturated carbocycles. The molecule has 0 aliphatic heterocycles. The molecule has 0 unspecified atom stereocenters. The number of hydrogen-bond donors (Lipinski definition) is 2. The lowest BCUT2D eigenvalue weighted by Crippen LogP contribution is -2.15. The van der Waals surface area contributed by atoms with Crippen LogP contribution in [-0.4, -0.2) is 18.8 Å². The first-order valence-electron chi connectivity index (χ1n) is 6.20. The Bertz CT molecular complexity index is 632. The van der Waals surface area contributed by atoms with Gasteiger partial charge in [-0.2, -0.15) is 0 Å². The van der Waals surface area contributed by atoms with Gasteiger partial charge in [0.15, 0.2) is 0 Å². The Labute approximate surface area is 132 Å².